The van der Waals surface area contributed by atoms with Crippen LogP contribution in [0.15, 0.2) is 54.7 Å². The molecule has 0 saturated heterocycles. The van der Waals surface area contributed by atoms with Crippen molar-refractivity contribution in [1.82, 2.24) is 9.78 Å². The monoisotopic (exact) mass is 418 g/mol. The van der Waals surface area contributed by atoms with Crippen LogP contribution in [-0.2, 0) is 0 Å². The topological polar surface area (TPSA) is 45.5 Å². The molecule has 0 atom stereocenters. The number of halogens is 6. The SMILES string of the molecule is FC(F)Oc1ccc(-n2nccc2-c2ccc(OC(F)F)c(OC(F)F)c2)cc1. The van der Waals surface area contributed by atoms with Crippen molar-refractivity contribution in [2.75, 3.05) is 0 Å². The van der Waals surface area contributed by atoms with Gasteiger partial charge in [0.2, 0.25) is 0 Å². The van der Waals surface area contributed by atoms with Gasteiger partial charge in [0.1, 0.15) is 5.75 Å². The first-order valence-corrected chi connectivity index (χ1v) is 7.97. The van der Waals surface area contributed by atoms with E-state index in [-0.39, 0.29) is 5.75 Å². The van der Waals surface area contributed by atoms with E-state index in [2.05, 4.69) is 19.3 Å². The van der Waals surface area contributed by atoms with Gasteiger partial charge in [0.25, 0.3) is 0 Å². The summed E-state index contributed by atoms with van der Waals surface area (Å²) in [5.41, 5.74) is 1.17. The summed E-state index contributed by atoms with van der Waals surface area (Å²) in [5, 5.41) is 4.10. The van der Waals surface area contributed by atoms with Crippen LogP contribution in [0.3, 0.4) is 0 Å². The fraction of sp³-hybridized carbons (Fsp3) is 0.167. The molecule has 3 aromatic rings. The molecule has 0 aliphatic heterocycles. The van der Waals surface area contributed by atoms with Gasteiger partial charge in [0.15, 0.2) is 11.5 Å². The first-order valence-electron chi connectivity index (χ1n) is 7.97. The van der Waals surface area contributed by atoms with Gasteiger partial charge >= 0.3 is 19.8 Å². The minimum Gasteiger partial charge on any atom is -0.435 e. The first kappa shape index (κ1) is 20.4. The zero-order valence-electron chi connectivity index (χ0n) is 14.3. The zero-order valence-corrected chi connectivity index (χ0v) is 14.3. The molecule has 0 aliphatic carbocycles. The number of hydrogen-bond acceptors (Lipinski definition) is 4. The lowest BCUT2D eigenvalue weighted by Crippen LogP contribution is -2.08. The number of nitrogens with zero attached hydrogens (tertiary/aromatic N) is 2. The van der Waals surface area contributed by atoms with E-state index < -0.39 is 31.3 Å². The lowest BCUT2D eigenvalue weighted by molar-refractivity contribution is -0.0692. The van der Waals surface area contributed by atoms with E-state index in [1.54, 1.807) is 6.07 Å². The molecule has 0 amide bonds. The zero-order chi connectivity index (χ0) is 21.0. The fourth-order valence-electron chi connectivity index (χ4n) is 2.55. The Morgan fingerprint density at radius 2 is 1.31 bits per heavy atom. The normalized spacial score (nSPS) is 11.3. The lowest BCUT2D eigenvalue weighted by Gasteiger charge is -2.14. The Hall–Kier alpha value is -3.37. The van der Waals surface area contributed by atoms with E-state index in [1.807, 2.05) is 0 Å². The second-order valence-corrected chi connectivity index (χ2v) is 5.42. The van der Waals surface area contributed by atoms with E-state index >= 15 is 0 Å². The standard InChI is InChI=1S/C18H12F6N2O3/c19-16(20)27-12-4-2-11(3-5-12)26-13(7-8-25-26)10-1-6-14(28-17(21)22)15(9-10)29-18(23)24/h1-9,16-18H. The van der Waals surface area contributed by atoms with Crippen LogP contribution < -0.4 is 14.2 Å². The lowest BCUT2D eigenvalue weighted by atomic mass is 10.1. The number of aromatic nitrogens is 2. The van der Waals surface area contributed by atoms with E-state index in [0.717, 1.165) is 12.1 Å². The second kappa shape index (κ2) is 8.76. The van der Waals surface area contributed by atoms with Crippen molar-refractivity contribution in [3.05, 3.63) is 54.7 Å². The molecule has 2 aromatic carbocycles. The molecule has 5 nitrogen and oxygen atoms in total. The largest absolute Gasteiger partial charge is 0.435 e. The van der Waals surface area contributed by atoms with Gasteiger partial charge in [-0.25, -0.2) is 4.68 Å². The van der Waals surface area contributed by atoms with Crippen molar-refractivity contribution >= 4 is 0 Å². The highest BCUT2D eigenvalue weighted by Crippen LogP contribution is 2.35. The summed E-state index contributed by atoms with van der Waals surface area (Å²) in [7, 11) is 0. The highest BCUT2D eigenvalue weighted by atomic mass is 19.3. The molecule has 0 aliphatic rings. The number of benzene rings is 2. The third-order valence-corrected chi connectivity index (χ3v) is 3.62. The molecule has 0 radical (unpaired) electrons. The molecule has 1 heterocycles. The van der Waals surface area contributed by atoms with E-state index in [0.29, 0.717) is 16.9 Å². The van der Waals surface area contributed by atoms with Crippen molar-refractivity contribution in [2.45, 2.75) is 19.8 Å². The number of hydrogen-bond donors (Lipinski definition) is 0. The van der Waals surface area contributed by atoms with Gasteiger partial charge in [-0.05, 0) is 48.5 Å². The van der Waals surface area contributed by atoms with Crippen LogP contribution in [0, 0.1) is 0 Å². The average Bonchev–Trinajstić information content (AvgIpc) is 3.12. The highest BCUT2D eigenvalue weighted by molar-refractivity contribution is 5.66. The average molecular weight is 418 g/mol. The van der Waals surface area contributed by atoms with Gasteiger partial charge in [-0.1, -0.05) is 0 Å². The van der Waals surface area contributed by atoms with Crippen LogP contribution in [0.4, 0.5) is 26.3 Å². The van der Waals surface area contributed by atoms with Crippen molar-refractivity contribution in [2.24, 2.45) is 0 Å². The summed E-state index contributed by atoms with van der Waals surface area (Å²) in [4.78, 5) is 0. The van der Waals surface area contributed by atoms with Crippen LogP contribution in [0.2, 0.25) is 0 Å². The highest BCUT2D eigenvalue weighted by Gasteiger charge is 2.17. The fourth-order valence-corrected chi connectivity index (χ4v) is 2.55. The minimum atomic E-state index is -3.25. The van der Waals surface area contributed by atoms with Crippen molar-refractivity contribution in [1.29, 1.82) is 0 Å². The van der Waals surface area contributed by atoms with Crippen LogP contribution in [-0.4, -0.2) is 29.6 Å². The first-order chi connectivity index (χ1) is 13.8. The predicted octanol–water partition coefficient (Wildman–Crippen LogP) is 5.34. The molecule has 0 bridgehead atoms. The van der Waals surface area contributed by atoms with Gasteiger partial charge in [0, 0.05) is 5.56 Å². The van der Waals surface area contributed by atoms with Crippen LogP contribution in [0.5, 0.6) is 17.2 Å². The summed E-state index contributed by atoms with van der Waals surface area (Å²) >= 11 is 0. The molecule has 0 N–H and O–H groups in total. The third kappa shape index (κ3) is 5.12. The Morgan fingerprint density at radius 3 is 1.93 bits per heavy atom. The Kier molecular flexibility index (Phi) is 6.15. The van der Waals surface area contributed by atoms with Crippen molar-refractivity contribution in [3.63, 3.8) is 0 Å². The Labute approximate surface area is 160 Å². The van der Waals surface area contributed by atoms with Crippen LogP contribution in [0.25, 0.3) is 16.9 Å². The van der Waals surface area contributed by atoms with Gasteiger partial charge < -0.3 is 14.2 Å². The maximum atomic E-state index is 12.6. The second-order valence-electron chi connectivity index (χ2n) is 5.42. The molecule has 1 aromatic heterocycles. The van der Waals surface area contributed by atoms with Crippen LogP contribution in [0.1, 0.15) is 0 Å². The molecule has 3 rings (SSSR count). The van der Waals surface area contributed by atoms with Crippen molar-refractivity contribution < 1.29 is 40.6 Å². The third-order valence-electron chi connectivity index (χ3n) is 3.62. The smallest absolute Gasteiger partial charge is 0.387 e. The molecular formula is C18H12F6N2O3. The molecule has 0 spiro atoms. The quantitative estimate of drug-likeness (QED) is 0.463. The Morgan fingerprint density at radius 1 is 0.690 bits per heavy atom. The summed E-state index contributed by atoms with van der Waals surface area (Å²) in [5.74, 6) is -1.19. The molecule has 29 heavy (non-hydrogen) atoms. The van der Waals surface area contributed by atoms with E-state index in [4.69, 9.17) is 0 Å². The molecule has 0 fully saturated rings. The summed E-state index contributed by atoms with van der Waals surface area (Å²) < 4.78 is 88.9. The summed E-state index contributed by atoms with van der Waals surface area (Å²) in [6.07, 6.45) is 1.41. The molecule has 154 valence electrons. The predicted molar refractivity (Wildman–Crippen MR) is 88.9 cm³/mol. The van der Waals surface area contributed by atoms with Gasteiger partial charge in [-0.3, -0.25) is 0 Å². The van der Waals surface area contributed by atoms with E-state index in [1.165, 1.54) is 41.2 Å². The van der Waals surface area contributed by atoms with E-state index in [9.17, 15) is 26.3 Å². The van der Waals surface area contributed by atoms with Crippen molar-refractivity contribution in [3.8, 4) is 34.2 Å². The van der Waals surface area contributed by atoms with Gasteiger partial charge in [0.05, 0.1) is 17.6 Å². The Bertz CT molecular complexity index is 947. The molecular weight excluding hydrogens is 406 g/mol. The maximum Gasteiger partial charge on any atom is 0.387 e. The summed E-state index contributed by atoms with van der Waals surface area (Å²) in [6, 6.07) is 10.6. The van der Waals surface area contributed by atoms with Crippen LogP contribution >= 0.6 is 0 Å². The molecule has 11 heteroatoms. The number of rotatable bonds is 8. The Balaban J connectivity index is 1.95. The summed E-state index contributed by atoms with van der Waals surface area (Å²) in [6.45, 7) is -9.44. The van der Waals surface area contributed by atoms with Gasteiger partial charge in [-0.2, -0.15) is 31.4 Å². The van der Waals surface area contributed by atoms with Gasteiger partial charge in [-0.15, -0.1) is 0 Å². The number of ether oxygens (including phenoxy) is 3. The molecule has 0 saturated carbocycles. The molecule has 0 unspecified atom stereocenters. The maximum absolute atomic E-state index is 12.6. The minimum absolute atomic E-state index is 0.0569. The number of alkyl halides is 6.